The summed E-state index contributed by atoms with van der Waals surface area (Å²) in [6, 6.07) is 5.10. The van der Waals surface area contributed by atoms with Crippen LogP contribution in [0.15, 0.2) is 30.6 Å². The normalized spacial score (nSPS) is 12.6. The van der Waals surface area contributed by atoms with Crippen LogP contribution in [0, 0.1) is 0 Å². The van der Waals surface area contributed by atoms with Gasteiger partial charge in [-0.05, 0) is 12.1 Å². The van der Waals surface area contributed by atoms with Gasteiger partial charge in [-0.2, -0.15) is 0 Å². The molecule has 0 aliphatic rings. The minimum Gasteiger partial charge on any atom is -0.394 e. The van der Waals surface area contributed by atoms with Crippen LogP contribution in [0.25, 0.3) is 5.65 Å². The summed E-state index contributed by atoms with van der Waals surface area (Å²) in [5.74, 6) is -0.324. The minimum atomic E-state index is -0.424. The van der Waals surface area contributed by atoms with Crippen molar-refractivity contribution in [2.45, 2.75) is 6.04 Å². The standard InChI is InChI=1S/C12H15N3O3/c1-18-8-9(7-16)13-12(17)10-6-15-5-3-2-4-11(15)14-10/h2-6,9,16H,7-8H2,1H3,(H,13,17). The number of hydrogen-bond acceptors (Lipinski definition) is 4. The molecule has 0 aromatic carbocycles. The Balaban J connectivity index is 2.13. The molecule has 0 aliphatic heterocycles. The molecule has 2 heterocycles. The van der Waals surface area contributed by atoms with Crippen molar-refractivity contribution in [1.82, 2.24) is 14.7 Å². The van der Waals surface area contributed by atoms with E-state index in [1.807, 2.05) is 24.4 Å². The summed E-state index contributed by atoms with van der Waals surface area (Å²) >= 11 is 0. The Hall–Kier alpha value is -1.92. The molecule has 6 heteroatoms. The molecule has 6 nitrogen and oxygen atoms in total. The smallest absolute Gasteiger partial charge is 0.271 e. The summed E-state index contributed by atoms with van der Waals surface area (Å²) < 4.78 is 6.65. The third-order valence-corrected chi connectivity index (χ3v) is 2.52. The van der Waals surface area contributed by atoms with Gasteiger partial charge in [0.1, 0.15) is 11.3 Å². The molecule has 2 aromatic rings. The Bertz CT molecular complexity index is 505. The fourth-order valence-electron chi connectivity index (χ4n) is 1.64. The summed E-state index contributed by atoms with van der Waals surface area (Å²) in [5, 5.41) is 11.7. The number of rotatable bonds is 5. The second-order valence-corrected chi connectivity index (χ2v) is 3.90. The Morgan fingerprint density at radius 3 is 3.11 bits per heavy atom. The molecule has 2 aromatic heterocycles. The van der Waals surface area contributed by atoms with Gasteiger partial charge in [-0.15, -0.1) is 0 Å². The number of aromatic nitrogens is 2. The Kier molecular flexibility index (Phi) is 3.91. The Labute approximate surface area is 104 Å². The summed E-state index contributed by atoms with van der Waals surface area (Å²) in [4.78, 5) is 16.1. The summed E-state index contributed by atoms with van der Waals surface area (Å²) in [6.45, 7) is 0.0859. The van der Waals surface area contributed by atoms with E-state index >= 15 is 0 Å². The highest BCUT2D eigenvalue weighted by molar-refractivity contribution is 5.93. The monoisotopic (exact) mass is 249 g/mol. The van der Waals surface area contributed by atoms with Gasteiger partial charge in [0.05, 0.1) is 19.3 Å². The molecule has 0 radical (unpaired) electrons. The van der Waals surface area contributed by atoms with E-state index in [4.69, 9.17) is 9.84 Å². The lowest BCUT2D eigenvalue weighted by atomic mass is 10.3. The van der Waals surface area contributed by atoms with Crippen LogP contribution in [-0.4, -0.2) is 46.8 Å². The fourth-order valence-corrected chi connectivity index (χ4v) is 1.64. The first-order chi connectivity index (χ1) is 8.74. The van der Waals surface area contributed by atoms with E-state index in [-0.39, 0.29) is 19.1 Å². The highest BCUT2D eigenvalue weighted by atomic mass is 16.5. The average Bonchev–Trinajstić information content (AvgIpc) is 2.82. The largest absolute Gasteiger partial charge is 0.394 e. The first-order valence-electron chi connectivity index (χ1n) is 5.59. The molecule has 0 saturated heterocycles. The van der Waals surface area contributed by atoms with E-state index < -0.39 is 6.04 Å². The maximum atomic E-state index is 11.9. The van der Waals surface area contributed by atoms with Crippen LogP contribution < -0.4 is 5.32 Å². The van der Waals surface area contributed by atoms with E-state index in [0.29, 0.717) is 11.3 Å². The van der Waals surface area contributed by atoms with Crippen molar-refractivity contribution >= 4 is 11.6 Å². The topological polar surface area (TPSA) is 75.9 Å². The zero-order chi connectivity index (χ0) is 13.0. The average molecular weight is 249 g/mol. The number of methoxy groups -OCH3 is 1. The first-order valence-corrected chi connectivity index (χ1v) is 5.59. The van der Waals surface area contributed by atoms with E-state index in [2.05, 4.69) is 10.3 Å². The van der Waals surface area contributed by atoms with E-state index in [9.17, 15) is 4.79 Å². The highest BCUT2D eigenvalue weighted by Crippen LogP contribution is 2.04. The van der Waals surface area contributed by atoms with E-state index in [0.717, 1.165) is 0 Å². The number of fused-ring (bicyclic) bond motifs is 1. The van der Waals surface area contributed by atoms with Crippen molar-refractivity contribution < 1.29 is 14.6 Å². The molecular weight excluding hydrogens is 234 g/mol. The van der Waals surface area contributed by atoms with Crippen molar-refractivity contribution in [3.63, 3.8) is 0 Å². The molecule has 0 saturated carbocycles. The van der Waals surface area contributed by atoms with Crippen LogP contribution in [0.4, 0.5) is 0 Å². The molecule has 0 aliphatic carbocycles. The minimum absolute atomic E-state index is 0.174. The number of amides is 1. The predicted octanol–water partition coefficient (Wildman–Crippen LogP) is 0.0714. The Morgan fingerprint density at radius 1 is 1.61 bits per heavy atom. The van der Waals surface area contributed by atoms with Gasteiger partial charge in [-0.25, -0.2) is 4.98 Å². The highest BCUT2D eigenvalue weighted by Gasteiger charge is 2.15. The molecule has 0 bridgehead atoms. The number of carbonyl (C=O) groups is 1. The Morgan fingerprint density at radius 2 is 2.44 bits per heavy atom. The molecule has 1 unspecified atom stereocenters. The third kappa shape index (κ3) is 2.66. The van der Waals surface area contributed by atoms with Crippen LogP contribution in [-0.2, 0) is 4.74 Å². The van der Waals surface area contributed by atoms with Crippen LogP contribution in [0.2, 0.25) is 0 Å². The lowest BCUT2D eigenvalue weighted by Crippen LogP contribution is -2.40. The molecule has 0 fully saturated rings. The second kappa shape index (κ2) is 5.61. The van der Waals surface area contributed by atoms with Gasteiger partial charge in [-0.3, -0.25) is 4.79 Å². The van der Waals surface area contributed by atoms with Crippen LogP contribution in [0.1, 0.15) is 10.5 Å². The van der Waals surface area contributed by atoms with Crippen molar-refractivity contribution in [3.8, 4) is 0 Å². The van der Waals surface area contributed by atoms with Gasteiger partial charge in [0.15, 0.2) is 0 Å². The lowest BCUT2D eigenvalue weighted by Gasteiger charge is -2.13. The van der Waals surface area contributed by atoms with E-state index in [1.54, 1.807) is 10.6 Å². The number of ether oxygens (including phenoxy) is 1. The zero-order valence-corrected chi connectivity index (χ0v) is 10.0. The van der Waals surface area contributed by atoms with Crippen molar-refractivity contribution in [2.75, 3.05) is 20.3 Å². The van der Waals surface area contributed by atoms with Gasteiger partial charge in [0, 0.05) is 19.5 Å². The number of nitrogens with zero attached hydrogens (tertiary/aromatic N) is 2. The number of aliphatic hydroxyl groups excluding tert-OH is 1. The molecule has 2 N–H and O–H groups in total. The van der Waals surface area contributed by atoms with Crippen molar-refractivity contribution in [3.05, 3.63) is 36.3 Å². The first kappa shape index (κ1) is 12.5. The summed E-state index contributed by atoms with van der Waals surface area (Å²) in [7, 11) is 1.51. The van der Waals surface area contributed by atoms with Crippen molar-refractivity contribution in [1.29, 1.82) is 0 Å². The molecule has 0 spiro atoms. The van der Waals surface area contributed by atoms with Gasteiger partial charge >= 0.3 is 0 Å². The number of carbonyl (C=O) groups excluding carboxylic acids is 1. The number of hydrogen-bond donors (Lipinski definition) is 2. The maximum absolute atomic E-state index is 11.9. The third-order valence-electron chi connectivity index (χ3n) is 2.52. The lowest BCUT2D eigenvalue weighted by molar-refractivity contribution is 0.0835. The molecule has 1 amide bonds. The number of imidazole rings is 1. The predicted molar refractivity (Wildman–Crippen MR) is 65.4 cm³/mol. The molecule has 1 atom stereocenters. The number of aliphatic hydroxyl groups is 1. The number of pyridine rings is 1. The fraction of sp³-hybridized carbons (Fsp3) is 0.333. The summed E-state index contributed by atoms with van der Waals surface area (Å²) in [5.41, 5.74) is 1.02. The van der Waals surface area contributed by atoms with Gasteiger partial charge < -0.3 is 19.6 Å². The molecule has 2 rings (SSSR count). The van der Waals surface area contributed by atoms with Crippen molar-refractivity contribution in [2.24, 2.45) is 0 Å². The van der Waals surface area contributed by atoms with Crippen LogP contribution in [0.5, 0.6) is 0 Å². The quantitative estimate of drug-likeness (QED) is 0.786. The van der Waals surface area contributed by atoms with Crippen LogP contribution in [0.3, 0.4) is 0 Å². The number of nitrogens with one attached hydrogen (secondary N) is 1. The van der Waals surface area contributed by atoms with Gasteiger partial charge in [-0.1, -0.05) is 6.07 Å². The molecule has 18 heavy (non-hydrogen) atoms. The van der Waals surface area contributed by atoms with Gasteiger partial charge in [0.25, 0.3) is 5.91 Å². The maximum Gasteiger partial charge on any atom is 0.271 e. The van der Waals surface area contributed by atoms with E-state index in [1.165, 1.54) is 7.11 Å². The summed E-state index contributed by atoms with van der Waals surface area (Å²) in [6.07, 6.45) is 3.46. The second-order valence-electron chi connectivity index (χ2n) is 3.90. The van der Waals surface area contributed by atoms with Crippen LogP contribution >= 0.6 is 0 Å². The van der Waals surface area contributed by atoms with Gasteiger partial charge in [0.2, 0.25) is 0 Å². The molecule has 96 valence electrons. The zero-order valence-electron chi connectivity index (χ0n) is 10.0. The SMILES string of the molecule is COCC(CO)NC(=O)c1cn2ccccc2n1. The molecular formula is C12H15N3O3.